The maximum atomic E-state index is 13.2. The van der Waals surface area contributed by atoms with Gasteiger partial charge in [-0.3, -0.25) is 4.79 Å². The summed E-state index contributed by atoms with van der Waals surface area (Å²) in [4.78, 5) is 37.0. The molecule has 1 aliphatic heterocycles. The number of piperidine rings is 1. The summed E-state index contributed by atoms with van der Waals surface area (Å²) in [6.45, 7) is 3.30. The van der Waals surface area contributed by atoms with Crippen molar-refractivity contribution >= 4 is 45.4 Å². The van der Waals surface area contributed by atoms with Gasteiger partial charge in [0.25, 0.3) is 0 Å². The number of aromatic nitrogens is 4. The van der Waals surface area contributed by atoms with Crippen molar-refractivity contribution in [2.45, 2.75) is 45.1 Å². The van der Waals surface area contributed by atoms with Gasteiger partial charge in [-0.05, 0) is 68.0 Å². The van der Waals surface area contributed by atoms with Gasteiger partial charge >= 0.3 is 11.9 Å². The Morgan fingerprint density at radius 2 is 1.98 bits per heavy atom. The third-order valence-corrected chi connectivity index (χ3v) is 8.20. The average molecular weight is 621 g/mol. The van der Waals surface area contributed by atoms with E-state index in [1.54, 1.807) is 18.3 Å². The molecule has 0 saturated carbocycles. The molecule has 46 heavy (non-hydrogen) atoms. The molecule has 6 rings (SSSR count). The number of rotatable bonds is 10. The zero-order valence-corrected chi connectivity index (χ0v) is 25.1. The molecular formula is C33H32N8O5. The number of ether oxygens (including phenoxy) is 1. The first kappa shape index (κ1) is 30.3. The number of aromatic carboxylic acids is 1. The van der Waals surface area contributed by atoms with Gasteiger partial charge in [-0.15, -0.1) is 0 Å². The van der Waals surface area contributed by atoms with Crippen molar-refractivity contribution in [3.8, 4) is 11.8 Å². The van der Waals surface area contributed by atoms with E-state index in [2.05, 4.69) is 36.0 Å². The fourth-order valence-electron chi connectivity index (χ4n) is 5.81. The van der Waals surface area contributed by atoms with Gasteiger partial charge in [-0.2, -0.15) is 15.5 Å². The molecule has 4 heterocycles. The van der Waals surface area contributed by atoms with Crippen LogP contribution in [0, 0.1) is 17.2 Å². The van der Waals surface area contributed by atoms with Crippen molar-refractivity contribution in [3.05, 3.63) is 77.9 Å². The number of esters is 1. The van der Waals surface area contributed by atoms with Gasteiger partial charge in [-0.25, -0.2) is 19.4 Å². The van der Waals surface area contributed by atoms with Crippen molar-refractivity contribution < 1.29 is 24.5 Å². The SMILES string of the molecule is C[C@@H](OC(=O)CCc1ccccc1/N=N/c1ccc(O)c(C(=O)O)c1)c1nc2cnc3[nH]ccc3c2n1N1CCC(CC#N)CC1. The number of carboxylic acids is 1. The van der Waals surface area contributed by atoms with Crippen molar-refractivity contribution in [1.82, 2.24) is 19.6 Å². The Bertz CT molecular complexity index is 1980. The second-order valence-corrected chi connectivity index (χ2v) is 11.2. The van der Waals surface area contributed by atoms with E-state index >= 15 is 0 Å². The topological polar surface area (TPSA) is 182 Å². The molecule has 0 spiro atoms. The van der Waals surface area contributed by atoms with E-state index in [-0.39, 0.29) is 23.4 Å². The summed E-state index contributed by atoms with van der Waals surface area (Å²) in [5.41, 5.74) is 3.63. The Labute approximate surface area is 263 Å². The molecule has 1 atom stereocenters. The highest BCUT2D eigenvalue weighted by atomic mass is 16.5. The first-order valence-electron chi connectivity index (χ1n) is 15.0. The van der Waals surface area contributed by atoms with Gasteiger partial charge < -0.3 is 24.9 Å². The van der Waals surface area contributed by atoms with Crippen LogP contribution in [0.2, 0.25) is 0 Å². The number of nitrogens with zero attached hydrogens (tertiary/aromatic N) is 7. The number of nitriles is 1. The molecule has 13 nitrogen and oxygen atoms in total. The Morgan fingerprint density at radius 1 is 1.17 bits per heavy atom. The predicted molar refractivity (Wildman–Crippen MR) is 169 cm³/mol. The number of aromatic hydroxyl groups is 1. The van der Waals surface area contributed by atoms with E-state index < -0.39 is 18.0 Å². The zero-order chi connectivity index (χ0) is 32.2. The quantitative estimate of drug-likeness (QED) is 0.120. The second kappa shape index (κ2) is 13.1. The van der Waals surface area contributed by atoms with Gasteiger partial charge in [0, 0.05) is 37.5 Å². The third-order valence-electron chi connectivity index (χ3n) is 8.20. The van der Waals surface area contributed by atoms with Crippen molar-refractivity contribution in [1.29, 1.82) is 5.26 Å². The number of nitrogens with one attached hydrogen (secondary N) is 1. The number of carboxylic acid groups (broad SMARTS) is 1. The van der Waals surface area contributed by atoms with Gasteiger partial charge in [0.1, 0.15) is 28.0 Å². The van der Waals surface area contributed by atoms with E-state index in [0.29, 0.717) is 35.8 Å². The van der Waals surface area contributed by atoms with Crippen LogP contribution in [-0.2, 0) is 16.0 Å². The monoisotopic (exact) mass is 620 g/mol. The van der Waals surface area contributed by atoms with E-state index in [4.69, 9.17) is 9.72 Å². The minimum atomic E-state index is -1.27. The molecule has 3 aromatic heterocycles. The summed E-state index contributed by atoms with van der Waals surface area (Å²) in [5, 5.41) is 39.7. The highest BCUT2D eigenvalue weighted by Gasteiger charge is 2.28. The Kier molecular flexibility index (Phi) is 8.60. The lowest BCUT2D eigenvalue weighted by Gasteiger charge is -2.35. The minimum absolute atomic E-state index is 0.0860. The molecule has 0 bridgehead atoms. The number of carbonyl (C=O) groups is 2. The van der Waals surface area contributed by atoms with E-state index in [1.165, 1.54) is 18.2 Å². The fourth-order valence-corrected chi connectivity index (χ4v) is 5.81. The first-order valence-corrected chi connectivity index (χ1v) is 15.0. The number of aryl methyl sites for hydroxylation is 1. The average Bonchev–Trinajstić information content (AvgIpc) is 3.69. The van der Waals surface area contributed by atoms with Gasteiger partial charge in [0.15, 0.2) is 11.9 Å². The number of aromatic amines is 1. The normalized spacial score (nSPS) is 14.6. The lowest BCUT2D eigenvalue weighted by atomic mass is 9.95. The lowest BCUT2D eigenvalue weighted by molar-refractivity contribution is -0.149. The molecule has 1 saturated heterocycles. The molecular weight excluding hydrogens is 588 g/mol. The van der Waals surface area contributed by atoms with Gasteiger partial charge in [-0.1, -0.05) is 18.2 Å². The summed E-state index contributed by atoms with van der Waals surface area (Å²) in [7, 11) is 0. The first-order chi connectivity index (χ1) is 22.3. The summed E-state index contributed by atoms with van der Waals surface area (Å²) in [6, 6.07) is 15.4. The molecule has 1 fully saturated rings. The molecule has 5 aromatic rings. The van der Waals surface area contributed by atoms with E-state index in [1.807, 2.05) is 31.3 Å². The number of imidazole rings is 1. The summed E-state index contributed by atoms with van der Waals surface area (Å²) in [5.74, 6) is -1.08. The van der Waals surface area contributed by atoms with Crippen LogP contribution in [0.3, 0.4) is 0 Å². The fraction of sp³-hybridized carbons (Fsp3) is 0.303. The summed E-state index contributed by atoms with van der Waals surface area (Å²) >= 11 is 0. The number of phenols is 1. The van der Waals surface area contributed by atoms with Crippen LogP contribution in [0.25, 0.3) is 22.1 Å². The third kappa shape index (κ3) is 6.23. The zero-order valence-electron chi connectivity index (χ0n) is 25.1. The largest absolute Gasteiger partial charge is 0.507 e. The van der Waals surface area contributed by atoms with Crippen LogP contribution >= 0.6 is 0 Å². The van der Waals surface area contributed by atoms with Crippen LogP contribution in [0.4, 0.5) is 11.4 Å². The van der Waals surface area contributed by atoms with Crippen LogP contribution in [0.15, 0.2) is 71.2 Å². The smallest absolute Gasteiger partial charge is 0.339 e. The van der Waals surface area contributed by atoms with Gasteiger partial charge in [0.05, 0.1) is 23.6 Å². The number of azo groups is 1. The highest BCUT2D eigenvalue weighted by Crippen LogP contribution is 2.31. The van der Waals surface area contributed by atoms with E-state index in [0.717, 1.165) is 48.0 Å². The number of fused-ring (bicyclic) bond motifs is 3. The molecule has 0 radical (unpaired) electrons. The highest BCUT2D eigenvalue weighted by molar-refractivity contribution is 6.01. The van der Waals surface area contributed by atoms with Gasteiger partial charge in [0.2, 0.25) is 0 Å². The van der Waals surface area contributed by atoms with Crippen LogP contribution < -0.4 is 5.01 Å². The molecule has 234 valence electrons. The maximum absolute atomic E-state index is 13.2. The minimum Gasteiger partial charge on any atom is -0.507 e. The van der Waals surface area contributed by atoms with Crippen molar-refractivity contribution in [3.63, 3.8) is 0 Å². The summed E-state index contributed by atoms with van der Waals surface area (Å²) in [6.07, 6.45) is 5.63. The Balaban J connectivity index is 1.18. The van der Waals surface area contributed by atoms with Crippen molar-refractivity contribution in [2.75, 3.05) is 18.1 Å². The Hall–Kier alpha value is -5.77. The number of benzene rings is 2. The predicted octanol–water partition coefficient (Wildman–Crippen LogP) is 6.23. The molecule has 0 aliphatic carbocycles. The summed E-state index contributed by atoms with van der Waals surface area (Å²) < 4.78 is 7.99. The molecule has 13 heteroatoms. The number of hydrogen-bond donors (Lipinski definition) is 3. The maximum Gasteiger partial charge on any atom is 0.339 e. The van der Waals surface area contributed by atoms with E-state index in [9.17, 15) is 25.1 Å². The van der Waals surface area contributed by atoms with Crippen molar-refractivity contribution in [2.24, 2.45) is 16.1 Å². The molecule has 0 amide bonds. The Morgan fingerprint density at radius 3 is 2.76 bits per heavy atom. The lowest BCUT2D eigenvalue weighted by Crippen LogP contribution is -2.43. The molecule has 0 unspecified atom stereocenters. The number of carbonyl (C=O) groups excluding carboxylic acids is 1. The molecule has 3 N–H and O–H groups in total. The molecule has 2 aromatic carbocycles. The van der Waals surface area contributed by atoms with Crippen LogP contribution in [0.5, 0.6) is 5.75 Å². The molecule has 1 aliphatic rings. The number of hydrogen-bond acceptors (Lipinski definition) is 10. The second-order valence-electron chi connectivity index (χ2n) is 11.2. The van der Waals surface area contributed by atoms with Crippen LogP contribution in [0.1, 0.15) is 60.5 Å². The van der Waals surface area contributed by atoms with Crippen LogP contribution in [-0.4, -0.2) is 54.9 Å². The number of pyridine rings is 1. The number of H-pyrrole nitrogens is 1. The standard InChI is InChI=1S/C33H32N8O5/c1-20(32-37-27-19-36-31-24(11-15-35-31)30(27)41(32)40-16-12-21(10-14-34)13-17-40)46-29(43)9-6-22-4-2-3-5-26(22)39-38-23-7-8-28(42)25(18-23)33(44)45/h2-5,7-8,11,15,18-21,42H,6,9-10,12-13,16-17H2,1H3,(H,35,36)(H,44,45)/b39-38+/t20-/m1/s1.